The van der Waals surface area contributed by atoms with Gasteiger partial charge in [0.1, 0.15) is 12.1 Å². The van der Waals surface area contributed by atoms with Crippen molar-refractivity contribution in [3.05, 3.63) is 72.9 Å². The summed E-state index contributed by atoms with van der Waals surface area (Å²) in [6, 6.07) is 16.0. The molecule has 0 bridgehead atoms. The van der Waals surface area contributed by atoms with Gasteiger partial charge in [0.25, 0.3) is 0 Å². The van der Waals surface area contributed by atoms with Crippen molar-refractivity contribution in [2.45, 2.75) is 6.54 Å². The minimum atomic E-state index is 0.662. The Balaban J connectivity index is 1.77. The molecular weight excluding hydrogens is 300 g/mol. The lowest BCUT2D eigenvalue weighted by molar-refractivity contribution is 0.813. The Morgan fingerprint density at radius 2 is 1.92 bits per heavy atom. The number of aromatic nitrogens is 5. The second-order valence-corrected chi connectivity index (χ2v) is 5.52. The van der Waals surface area contributed by atoms with Gasteiger partial charge in [0, 0.05) is 30.9 Å². The maximum absolute atomic E-state index is 4.70. The lowest BCUT2D eigenvalue weighted by Gasteiger charge is -2.20. The molecule has 0 aliphatic heterocycles. The second kappa shape index (κ2) is 6.08. The first kappa shape index (κ1) is 14.3. The van der Waals surface area contributed by atoms with E-state index in [0.717, 1.165) is 28.4 Å². The minimum absolute atomic E-state index is 0.662. The summed E-state index contributed by atoms with van der Waals surface area (Å²) >= 11 is 0. The first-order valence-electron chi connectivity index (χ1n) is 7.67. The molecule has 0 amide bonds. The molecule has 0 N–H and O–H groups in total. The van der Waals surface area contributed by atoms with Crippen LogP contribution in [-0.2, 0) is 6.54 Å². The highest BCUT2D eigenvalue weighted by molar-refractivity contribution is 5.66. The highest BCUT2D eigenvalue weighted by atomic mass is 15.3. The Labute approximate surface area is 139 Å². The monoisotopic (exact) mass is 316 g/mol. The van der Waals surface area contributed by atoms with Crippen molar-refractivity contribution in [3.8, 4) is 11.3 Å². The van der Waals surface area contributed by atoms with Gasteiger partial charge >= 0.3 is 0 Å². The van der Waals surface area contributed by atoms with E-state index in [2.05, 4.69) is 38.2 Å². The molecule has 0 saturated heterocycles. The van der Waals surface area contributed by atoms with E-state index in [4.69, 9.17) is 4.98 Å². The van der Waals surface area contributed by atoms with Gasteiger partial charge in [0.2, 0.25) is 0 Å². The Morgan fingerprint density at radius 1 is 1.04 bits per heavy atom. The molecule has 0 atom stereocenters. The van der Waals surface area contributed by atoms with Gasteiger partial charge in [-0.2, -0.15) is 9.61 Å². The number of benzene rings is 1. The first-order valence-corrected chi connectivity index (χ1v) is 7.67. The molecule has 0 radical (unpaired) electrons. The highest BCUT2D eigenvalue weighted by Crippen LogP contribution is 2.24. The SMILES string of the molecule is CN(Cc1ccncn1)c1cc(-c2ccccc2)nc2ccnn12. The highest BCUT2D eigenvalue weighted by Gasteiger charge is 2.12. The van der Waals surface area contributed by atoms with E-state index >= 15 is 0 Å². The number of anilines is 1. The Kier molecular flexibility index (Phi) is 3.63. The smallest absolute Gasteiger partial charge is 0.157 e. The summed E-state index contributed by atoms with van der Waals surface area (Å²) in [5.41, 5.74) is 3.78. The normalized spacial score (nSPS) is 10.9. The second-order valence-electron chi connectivity index (χ2n) is 5.52. The van der Waals surface area contributed by atoms with E-state index in [0.29, 0.717) is 6.54 Å². The van der Waals surface area contributed by atoms with Gasteiger partial charge in [-0.1, -0.05) is 30.3 Å². The van der Waals surface area contributed by atoms with Gasteiger partial charge in [0.15, 0.2) is 5.65 Å². The van der Waals surface area contributed by atoms with Crippen molar-refractivity contribution in [1.29, 1.82) is 0 Å². The van der Waals surface area contributed by atoms with Crippen molar-refractivity contribution in [2.24, 2.45) is 0 Å². The van der Waals surface area contributed by atoms with Gasteiger partial charge in [-0.15, -0.1) is 0 Å². The summed E-state index contributed by atoms with van der Waals surface area (Å²) in [4.78, 5) is 15.1. The fourth-order valence-electron chi connectivity index (χ4n) is 2.66. The predicted molar refractivity (Wildman–Crippen MR) is 92.6 cm³/mol. The van der Waals surface area contributed by atoms with Crippen LogP contribution >= 0.6 is 0 Å². The molecule has 0 spiro atoms. The quantitative estimate of drug-likeness (QED) is 0.579. The van der Waals surface area contributed by atoms with Gasteiger partial charge in [0.05, 0.1) is 24.1 Å². The summed E-state index contributed by atoms with van der Waals surface area (Å²) in [7, 11) is 2.02. The van der Waals surface area contributed by atoms with Crippen LogP contribution in [0.15, 0.2) is 67.3 Å². The van der Waals surface area contributed by atoms with E-state index in [1.165, 1.54) is 0 Å². The minimum Gasteiger partial charge on any atom is -0.354 e. The van der Waals surface area contributed by atoms with Crippen LogP contribution in [-0.4, -0.2) is 31.6 Å². The lowest BCUT2D eigenvalue weighted by Crippen LogP contribution is -2.20. The molecule has 118 valence electrons. The number of hydrogen-bond donors (Lipinski definition) is 0. The van der Waals surface area contributed by atoms with E-state index < -0.39 is 0 Å². The van der Waals surface area contributed by atoms with E-state index in [9.17, 15) is 0 Å². The van der Waals surface area contributed by atoms with Crippen molar-refractivity contribution < 1.29 is 0 Å². The molecule has 24 heavy (non-hydrogen) atoms. The molecule has 0 aliphatic carbocycles. The van der Waals surface area contributed by atoms with Gasteiger partial charge in [-0.3, -0.25) is 0 Å². The maximum Gasteiger partial charge on any atom is 0.157 e. The molecule has 0 aliphatic rings. The van der Waals surface area contributed by atoms with Crippen molar-refractivity contribution in [3.63, 3.8) is 0 Å². The molecule has 1 aromatic carbocycles. The molecule has 3 aromatic heterocycles. The van der Waals surface area contributed by atoms with Crippen LogP contribution in [0.1, 0.15) is 5.69 Å². The third kappa shape index (κ3) is 2.69. The summed E-state index contributed by atoms with van der Waals surface area (Å²) in [5.74, 6) is 0.961. The maximum atomic E-state index is 4.70. The molecule has 6 nitrogen and oxygen atoms in total. The summed E-state index contributed by atoms with van der Waals surface area (Å²) in [6.07, 6.45) is 5.08. The van der Waals surface area contributed by atoms with Gasteiger partial charge in [-0.25, -0.2) is 15.0 Å². The molecular formula is C18H16N6. The third-order valence-electron chi connectivity index (χ3n) is 3.84. The third-order valence-corrected chi connectivity index (χ3v) is 3.84. The van der Waals surface area contributed by atoms with Gasteiger partial charge in [-0.05, 0) is 6.07 Å². The van der Waals surface area contributed by atoms with E-state index in [1.54, 1.807) is 18.7 Å². The number of hydrogen-bond acceptors (Lipinski definition) is 5. The standard InChI is InChI=1S/C18H16N6/c1-23(12-15-7-9-19-13-20-15)18-11-16(14-5-3-2-4-6-14)22-17-8-10-21-24(17)18/h2-11,13H,12H2,1H3. The Morgan fingerprint density at radius 3 is 2.71 bits per heavy atom. The van der Waals surface area contributed by atoms with Crippen LogP contribution in [0.3, 0.4) is 0 Å². The first-order chi connectivity index (χ1) is 11.8. The number of rotatable bonds is 4. The number of nitrogens with zero attached hydrogens (tertiary/aromatic N) is 6. The molecule has 4 aromatic rings. The van der Waals surface area contributed by atoms with Crippen LogP contribution in [0, 0.1) is 0 Å². The van der Waals surface area contributed by atoms with Crippen molar-refractivity contribution in [1.82, 2.24) is 24.6 Å². The summed E-state index contributed by atoms with van der Waals surface area (Å²) in [5, 5.41) is 4.40. The molecule has 0 saturated carbocycles. The zero-order valence-electron chi connectivity index (χ0n) is 13.2. The van der Waals surface area contributed by atoms with Crippen LogP contribution in [0.4, 0.5) is 5.82 Å². The van der Waals surface area contributed by atoms with Crippen LogP contribution in [0.5, 0.6) is 0 Å². The molecule has 0 unspecified atom stereocenters. The average Bonchev–Trinajstić information content (AvgIpc) is 3.11. The largest absolute Gasteiger partial charge is 0.354 e. The number of fused-ring (bicyclic) bond motifs is 1. The zero-order chi connectivity index (χ0) is 16.4. The van der Waals surface area contributed by atoms with Crippen LogP contribution in [0.2, 0.25) is 0 Å². The molecule has 0 fully saturated rings. The fourth-order valence-corrected chi connectivity index (χ4v) is 2.66. The Hall–Kier alpha value is -3.28. The molecule has 4 rings (SSSR count). The topological polar surface area (TPSA) is 59.2 Å². The lowest BCUT2D eigenvalue weighted by atomic mass is 10.1. The molecule has 3 heterocycles. The van der Waals surface area contributed by atoms with E-state index in [1.807, 2.05) is 41.9 Å². The predicted octanol–water partition coefficient (Wildman–Crippen LogP) is 2.82. The fraction of sp³-hybridized carbons (Fsp3) is 0.111. The van der Waals surface area contributed by atoms with Crippen LogP contribution < -0.4 is 4.90 Å². The van der Waals surface area contributed by atoms with Crippen LogP contribution in [0.25, 0.3) is 16.9 Å². The van der Waals surface area contributed by atoms with Gasteiger partial charge < -0.3 is 4.90 Å². The van der Waals surface area contributed by atoms with Crippen molar-refractivity contribution in [2.75, 3.05) is 11.9 Å². The van der Waals surface area contributed by atoms with Crippen molar-refractivity contribution >= 4 is 11.5 Å². The summed E-state index contributed by atoms with van der Waals surface area (Å²) < 4.78 is 1.84. The zero-order valence-corrected chi connectivity index (χ0v) is 13.2. The van der Waals surface area contributed by atoms with E-state index in [-0.39, 0.29) is 0 Å². The Bertz CT molecular complexity index is 949. The average molecular weight is 316 g/mol. The molecule has 6 heteroatoms. The summed E-state index contributed by atoms with van der Waals surface area (Å²) in [6.45, 7) is 0.662.